The second-order valence-corrected chi connectivity index (χ2v) is 2.66. The maximum atomic E-state index is 9.29. The van der Waals surface area contributed by atoms with E-state index < -0.39 is 0 Å². The van der Waals surface area contributed by atoms with Crippen molar-refractivity contribution in [2.45, 2.75) is 13.8 Å². The van der Waals surface area contributed by atoms with Crippen LogP contribution in [-0.2, 0) is 37.5 Å². The van der Waals surface area contributed by atoms with Gasteiger partial charge in [0, 0.05) is 47.8 Å². The standard InChI is InChI=1S/C8H9.C3H7NO.CH4O.Y.H2/c1-7-3-5-8(2)6-4-7;1-2-4-3-5;1-2;;/h3-6H,1H2,2H3;3H,2H2,1H3,(H,4,5);2H,1H3;;1H/q-1;;;;. The fourth-order valence-corrected chi connectivity index (χ4v) is 0.671. The molecule has 16 heavy (non-hydrogen) atoms. The molecule has 1 aromatic rings. The molecule has 0 aliphatic carbocycles. The van der Waals surface area contributed by atoms with Crippen LogP contribution in [0.25, 0.3) is 0 Å². The van der Waals surface area contributed by atoms with Crippen LogP contribution in [0, 0.1) is 13.8 Å². The van der Waals surface area contributed by atoms with Crippen LogP contribution in [0.5, 0.6) is 0 Å². The Morgan fingerprint density at radius 3 is 2.00 bits per heavy atom. The molecule has 0 aromatic heterocycles. The van der Waals surface area contributed by atoms with Gasteiger partial charge in [-0.15, -0.1) is 12.1 Å². The molecular formula is C12H22NO2Y-. The number of nitrogens with one attached hydrogen (secondary N) is 1. The zero-order chi connectivity index (χ0) is 12.1. The number of benzene rings is 1. The van der Waals surface area contributed by atoms with Crippen LogP contribution in [-0.4, -0.2) is 25.2 Å². The third-order valence-electron chi connectivity index (χ3n) is 1.41. The van der Waals surface area contributed by atoms with Gasteiger partial charge >= 0.3 is 0 Å². The van der Waals surface area contributed by atoms with Gasteiger partial charge in [-0.1, -0.05) is 5.56 Å². The molecule has 2 N–H and O–H groups in total. The zero-order valence-electron chi connectivity index (χ0n) is 10.2. The maximum absolute atomic E-state index is 9.29. The number of amides is 1. The number of carbonyl (C=O) groups is 1. The predicted octanol–water partition coefficient (Wildman–Crippen LogP) is 1.78. The summed E-state index contributed by atoms with van der Waals surface area (Å²) in [5, 5.41) is 9.43. The average molecular weight is 301 g/mol. The summed E-state index contributed by atoms with van der Waals surface area (Å²) in [6.07, 6.45) is 0.681. The molecule has 0 unspecified atom stereocenters. The minimum atomic E-state index is 0. The van der Waals surface area contributed by atoms with E-state index in [2.05, 4.69) is 31.3 Å². The molecule has 0 aliphatic heterocycles. The van der Waals surface area contributed by atoms with Gasteiger partial charge in [0.1, 0.15) is 0 Å². The number of rotatable bonds is 2. The Bertz CT molecular complexity index is 222. The number of aliphatic hydroxyl groups is 1. The van der Waals surface area contributed by atoms with Crippen LogP contribution in [0.3, 0.4) is 0 Å². The Morgan fingerprint density at radius 2 is 1.81 bits per heavy atom. The number of carbonyl (C=O) groups excluding carboxylic acids is 1. The fraction of sp³-hybridized carbons (Fsp3) is 0.333. The van der Waals surface area contributed by atoms with E-state index in [0.29, 0.717) is 6.41 Å². The largest absolute Gasteiger partial charge is 0.400 e. The van der Waals surface area contributed by atoms with Gasteiger partial charge in [0.2, 0.25) is 6.41 Å². The van der Waals surface area contributed by atoms with Crippen LogP contribution < -0.4 is 5.32 Å². The summed E-state index contributed by atoms with van der Waals surface area (Å²) < 4.78 is 0. The van der Waals surface area contributed by atoms with Gasteiger partial charge in [-0.05, 0) is 13.8 Å². The number of aryl methyl sites for hydroxylation is 1. The van der Waals surface area contributed by atoms with E-state index >= 15 is 0 Å². The van der Waals surface area contributed by atoms with E-state index in [-0.39, 0.29) is 34.1 Å². The molecule has 0 saturated heterocycles. The Hall–Kier alpha value is -0.376. The molecule has 1 rings (SSSR count). The summed E-state index contributed by atoms with van der Waals surface area (Å²) in [6.45, 7) is 8.43. The van der Waals surface area contributed by atoms with Gasteiger partial charge in [0.25, 0.3) is 0 Å². The van der Waals surface area contributed by atoms with Crippen LogP contribution >= 0.6 is 0 Å². The van der Waals surface area contributed by atoms with E-state index in [1.54, 1.807) is 0 Å². The summed E-state index contributed by atoms with van der Waals surface area (Å²) >= 11 is 0. The van der Waals surface area contributed by atoms with E-state index in [1.807, 2.05) is 19.1 Å². The summed E-state index contributed by atoms with van der Waals surface area (Å²) in [7, 11) is 1.00. The molecule has 0 aliphatic rings. The van der Waals surface area contributed by atoms with Gasteiger partial charge in [-0.2, -0.15) is 24.6 Å². The molecule has 1 radical (unpaired) electrons. The Labute approximate surface area is 125 Å². The van der Waals surface area contributed by atoms with E-state index in [1.165, 1.54) is 5.56 Å². The average Bonchev–Trinajstić information content (AvgIpc) is 2.27. The maximum Gasteiger partial charge on any atom is 0.207 e. The first-order chi connectivity index (χ1) is 7.20. The predicted molar refractivity (Wildman–Crippen MR) is 65.6 cm³/mol. The van der Waals surface area contributed by atoms with E-state index in [4.69, 9.17) is 5.11 Å². The number of hydrogen-bond donors (Lipinski definition) is 2. The molecule has 1 aromatic carbocycles. The van der Waals surface area contributed by atoms with Crippen LogP contribution in [0.1, 0.15) is 19.5 Å². The summed E-state index contributed by atoms with van der Waals surface area (Å²) in [4.78, 5) is 9.29. The van der Waals surface area contributed by atoms with E-state index in [0.717, 1.165) is 19.2 Å². The van der Waals surface area contributed by atoms with Crippen molar-refractivity contribution in [1.29, 1.82) is 0 Å². The molecule has 0 heterocycles. The minimum Gasteiger partial charge on any atom is -0.400 e. The van der Waals surface area contributed by atoms with Gasteiger partial charge in [-0.25, -0.2) is 0 Å². The Morgan fingerprint density at radius 1 is 1.38 bits per heavy atom. The fourth-order valence-electron chi connectivity index (χ4n) is 0.671. The molecule has 0 saturated carbocycles. The van der Waals surface area contributed by atoms with Crippen molar-refractivity contribution < 1.29 is 44.0 Å². The molecule has 4 heteroatoms. The van der Waals surface area contributed by atoms with Gasteiger partial charge < -0.3 is 10.4 Å². The number of hydrogen-bond acceptors (Lipinski definition) is 2. The monoisotopic (exact) mass is 301 g/mol. The molecule has 0 bridgehead atoms. The quantitative estimate of drug-likeness (QED) is 0.646. The van der Waals surface area contributed by atoms with Crippen molar-refractivity contribution in [2.75, 3.05) is 13.7 Å². The normalized spacial score (nSPS) is 7.00. The van der Waals surface area contributed by atoms with Crippen molar-refractivity contribution in [2.24, 2.45) is 0 Å². The molecule has 1 amide bonds. The molecule has 91 valence electrons. The topological polar surface area (TPSA) is 49.3 Å². The second-order valence-electron chi connectivity index (χ2n) is 2.66. The molecular weight excluding hydrogens is 279 g/mol. The molecule has 0 atom stereocenters. The third kappa shape index (κ3) is 16.1. The third-order valence-corrected chi connectivity index (χ3v) is 1.41. The summed E-state index contributed by atoms with van der Waals surface area (Å²) in [5.41, 5.74) is 2.37. The van der Waals surface area contributed by atoms with Crippen LogP contribution in [0.15, 0.2) is 24.3 Å². The van der Waals surface area contributed by atoms with Crippen molar-refractivity contribution in [1.82, 2.24) is 5.32 Å². The van der Waals surface area contributed by atoms with Gasteiger partial charge in [0.05, 0.1) is 0 Å². The Balaban J connectivity index is -0.0000000838. The van der Waals surface area contributed by atoms with Gasteiger partial charge in [0.15, 0.2) is 0 Å². The smallest absolute Gasteiger partial charge is 0.207 e. The first kappa shape index (κ1) is 21.0. The first-order valence-electron chi connectivity index (χ1n) is 4.71. The van der Waals surface area contributed by atoms with E-state index in [9.17, 15) is 4.79 Å². The van der Waals surface area contributed by atoms with Crippen molar-refractivity contribution in [3.63, 3.8) is 0 Å². The van der Waals surface area contributed by atoms with Crippen LogP contribution in [0.2, 0.25) is 0 Å². The molecule has 0 spiro atoms. The molecule has 3 nitrogen and oxygen atoms in total. The SMILES string of the molecule is CCNC=O.CO.[CH2-]c1ccc(C)cc1.[HH].[Y]. The summed E-state index contributed by atoms with van der Waals surface area (Å²) in [6, 6.07) is 8.13. The first-order valence-corrected chi connectivity index (χ1v) is 4.71. The van der Waals surface area contributed by atoms with Crippen molar-refractivity contribution in [3.05, 3.63) is 42.3 Å². The Kier molecular flexibility index (Phi) is 22.3. The second kappa shape index (κ2) is 17.0. The number of aliphatic hydroxyl groups excluding tert-OH is 1. The van der Waals surface area contributed by atoms with Crippen molar-refractivity contribution >= 4 is 6.41 Å². The summed E-state index contributed by atoms with van der Waals surface area (Å²) in [5.74, 6) is 0. The van der Waals surface area contributed by atoms with Crippen molar-refractivity contribution in [3.8, 4) is 0 Å². The minimum absolute atomic E-state index is 0. The van der Waals surface area contributed by atoms with Crippen LogP contribution in [0.4, 0.5) is 0 Å². The molecule has 0 fully saturated rings. The zero-order valence-corrected chi connectivity index (χ0v) is 13.1. The van der Waals surface area contributed by atoms with Gasteiger partial charge in [-0.3, -0.25) is 4.79 Å².